The number of anilines is 1. The molecule has 2 atom stereocenters. The van der Waals surface area contributed by atoms with Crippen LogP contribution >= 0.6 is 0 Å². The molecule has 23 heavy (non-hydrogen) atoms. The van der Waals surface area contributed by atoms with Crippen molar-refractivity contribution in [1.29, 1.82) is 5.26 Å². The van der Waals surface area contributed by atoms with Crippen LogP contribution in [0.4, 0.5) is 5.82 Å². The average molecular weight is 323 g/mol. The molecule has 0 radical (unpaired) electrons. The Labute approximate surface area is 150 Å². The zero-order valence-electron chi connectivity index (χ0n) is 23.1. The van der Waals surface area contributed by atoms with Crippen LogP contribution in [-0.4, -0.2) is 51.8 Å². The van der Waals surface area contributed by atoms with Crippen LogP contribution in [-0.2, 0) is 4.79 Å². The number of carbonyl (C=O) groups excluding carboxylic acids is 1. The predicted octanol–water partition coefficient (Wildman–Crippen LogP) is 1.54. The third-order valence-electron chi connectivity index (χ3n) is 3.34. The highest BCUT2D eigenvalue weighted by molar-refractivity contribution is 5.87. The van der Waals surface area contributed by atoms with Crippen molar-refractivity contribution in [2.75, 3.05) is 24.9 Å². The molecule has 7 heteroatoms. The number of fused-ring (bicyclic) bond motifs is 1. The number of aromatic amines is 1. The molecule has 1 saturated heterocycles. The first-order valence-electron chi connectivity index (χ1n) is 12.2. The van der Waals surface area contributed by atoms with Gasteiger partial charge in [0.25, 0.3) is 0 Å². The average Bonchev–Trinajstić information content (AvgIpc) is 3.02. The van der Waals surface area contributed by atoms with E-state index in [2.05, 4.69) is 15.0 Å². The van der Waals surface area contributed by atoms with E-state index in [0.29, 0.717) is 0 Å². The summed E-state index contributed by atoms with van der Waals surface area (Å²) in [5, 5.41) is 8.92. The second-order valence-corrected chi connectivity index (χ2v) is 4.79. The molecule has 1 fully saturated rings. The van der Waals surface area contributed by atoms with Gasteiger partial charge in [0.15, 0.2) is 0 Å². The lowest BCUT2D eigenvalue weighted by Gasteiger charge is -2.42. The van der Waals surface area contributed by atoms with E-state index in [1.165, 1.54) is 12.3 Å². The Morgan fingerprint density at radius 1 is 1.74 bits per heavy atom. The normalized spacial score (nSPS) is 35.3. The van der Waals surface area contributed by atoms with Crippen LogP contribution in [0.1, 0.15) is 34.7 Å². The minimum atomic E-state index is -3.45. The van der Waals surface area contributed by atoms with Crippen molar-refractivity contribution in [2.45, 2.75) is 25.7 Å². The summed E-state index contributed by atoms with van der Waals surface area (Å²) in [7, 11) is 1.15. The molecule has 7 nitrogen and oxygen atoms in total. The summed E-state index contributed by atoms with van der Waals surface area (Å²) in [5.74, 6) is -4.00. The van der Waals surface area contributed by atoms with Gasteiger partial charge in [-0.3, -0.25) is 4.79 Å². The summed E-state index contributed by atoms with van der Waals surface area (Å²) >= 11 is 0. The van der Waals surface area contributed by atoms with E-state index >= 15 is 0 Å². The maximum absolute atomic E-state index is 12.7. The van der Waals surface area contributed by atoms with Gasteiger partial charge in [-0.1, -0.05) is 6.85 Å². The Kier molecular flexibility index (Phi) is 1.87. The van der Waals surface area contributed by atoms with Crippen LogP contribution in [0.25, 0.3) is 11.0 Å². The van der Waals surface area contributed by atoms with Crippen molar-refractivity contribution < 1.29 is 19.9 Å². The number of amides is 1. The zero-order valence-corrected chi connectivity index (χ0v) is 12.1. The Balaban J connectivity index is 2.35. The molecule has 3 rings (SSSR count). The fourth-order valence-electron chi connectivity index (χ4n) is 2.18. The third-order valence-corrected chi connectivity index (χ3v) is 3.34. The van der Waals surface area contributed by atoms with E-state index in [9.17, 15) is 4.79 Å². The second-order valence-electron chi connectivity index (χ2n) is 4.79. The Bertz CT molecular complexity index is 1170. The molecule has 1 amide bonds. The predicted molar refractivity (Wildman–Crippen MR) is 86.7 cm³/mol. The number of H-pyrrole nitrogens is 1. The summed E-state index contributed by atoms with van der Waals surface area (Å²) in [4.78, 5) is 23.9. The lowest BCUT2D eigenvalue weighted by Crippen LogP contribution is -2.52. The van der Waals surface area contributed by atoms with Gasteiger partial charge in [-0.15, -0.1) is 0 Å². The van der Waals surface area contributed by atoms with Gasteiger partial charge in [-0.2, -0.15) is 5.26 Å². The van der Waals surface area contributed by atoms with Gasteiger partial charge in [0.1, 0.15) is 25.6 Å². The number of nitrogens with zero attached hydrogens (tertiary/aromatic N) is 5. The maximum atomic E-state index is 12.7. The summed E-state index contributed by atoms with van der Waals surface area (Å²) in [6.45, 7) is -9.88. The van der Waals surface area contributed by atoms with Crippen molar-refractivity contribution in [1.82, 2.24) is 19.9 Å². The summed E-state index contributed by atoms with van der Waals surface area (Å²) < 4.78 is 90.5. The highest BCUT2D eigenvalue weighted by Crippen LogP contribution is 2.28. The highest BCUT2D eigenvalue weighted by Gasteiger charge is 2.32. The topological polar surface area (TPSA) is 88.9 Å². The first kappa shape index (κ1) is 6.87. The van der Waals surface area contributed by atoms with Gasteiger partial charge in [0, 0.05) is 35.8 Å². The monoisotopic (exact) mass is 323 g/mol. The van der Waals surface area contributed by atoms with E-state index in [1.807, 2.05) is 0 Å². The number of hydrogen-bond acceptors (Lipinski definition) is 5. The first-order valence-corrected chi connectivity index (χ1v) is 6.66. The van der Waals surface area contributed by atoms with E-state index in [4.69, 9.17) is 20.3 Å². The van der Waals surface area contributed by atoms with Gasteiger partial charge >= 0.3 is 0 Å². The molecule has 120 valence electrons. The smallest absolute Gasteiger partial charge is 0.236 e. The fourth-order valence-corrected chi connectivity index (χ4v) is 2.18. The minimum absolute atomic E-state index is 0.0114. The van der Waals surface area contributed by atoms with Crippen LogP contribution in [0.2, 0.25) is 0 Å². The number of nitriles is 1. The molecule has 1 aliphatic heterocycles. The van der Waals surface area contributed by atoms with E-state index in [1.54, 1.807) is 0 Å². The number of rotatable bonds is 3. The fraction of sp³-hybridized carbons (Fsp3) is 0.500. The molecule has 0 bridgehead atoms. The maximum Gasteiger partial charge on any atom is 0.236 e. The number of likely N-dealkylation sites (tertiary alicyclic amines) is 1. The van der Waals surface area contributed by atoms with Gasteiger partial charge in [0.2, 0.25) is 5.91 Å². The van der Waals surface area contributed by atoms with Crippen LogP contribution in [0.3, 0.4) is 0 Å². The van der Waals surface area contributed by atoms with Crippen LogP contribution < -0.4 is 4.90 Å². The van der Waals surface area contributed by atoms with E-state index < -0.39 is 56.8 Å². The van der Waals surface area contributed by atoms with E-state index in [-0.39, 0.29) is 27.8 Å². The van der Waals surface area contributed by atoms with Crippen LogP contribution in [0, 0.1) is 17.2 Å². The molecule has 0 aromatic carbocycles. The number of piperidine rings is 1. The lowest BCUT2D eigenvalue weighted by molar-refractivity contribution is -0.131. The number of likely N-dealkylation sites (N-methyl/N-ethyl adjacent to an activating group) is 1. The number of aromatic nitrogens is 3. The highest BCUT2D eigenvalue weighted by atomic mass is 16.2. The minimum Gasteiger partial charge on any atom is -0.354 e. The van der Waals surface area contributed by atoms with Crippen molar-refractivity contribution >= 4 is 22.8 Å². The number of carbonyl (C=O) groups is 1. The molecule has 0 unspecified atom stereocenters. The quantitative estimate of drug-likeness (QED) is 0.925. The summed E-state index contributed by atoms with van der Waals surface area (Å²) in [5.41, 5.74) is 0.0180. The Morgan fingerprint density at radius 3 is 3.39 bits per heavy atom. The van der Waals surface area contributed by atoms with Gasteiger partial charge in [-0.25, -0.2) is 9.97 Å². The van der Waals surface area contributed by atoms with Crippen molar-refractivity contribution in [3.05, 3.63) is 18.5 Å². The molecule has 1 aliphatic rings. The van der Waals surface area contributed by atoms with Crippen LogP contribution in [0.15, 0.2) is 18.5 Å². The van der Waals surface area contributed by atoms with Crippen LogP contribution in [0.5, 0.6) is 0 Å². The molecule has 3 heterocycles. The van der Waals surface area contributed by atoms with Gasteiger partial charge < -0.3 is 14.8 Å². The van der Waals surface area contributed by atoms with E-state index in [0.717, 1.165) is 11.9 Å². The SMILES string of the molecule is [2H]c1nc(N(C)[C@@H]2[C@H](C([2H])([2H])[2H])C([2H])([2H])C([2H])([2H])N(C(=O)CC#N)C2([2H])[2H])c2c([2H])c[nH]c2n1. The molecule has 2 aromatic heterocycles. The standard InChI is InChI=1S/C16H20N6O/c1-11-5-8-22(14(23)3-6-17)9-13(11)21(2)16-12-4-7-18-15(12)19-10-20-16/h4,7,10-11,13H,3,5,8-9H2,1-2H3,(H,18,19,20)/t11-,13+/m1/s1/i1D3,4D,5D2,8D2,9D2,10D. The summed E-state index contributed by atoms with van der Waals surface area (Å²) in [6, 6.07) is -0.773. The molecule has 0 spiro atoms. The molecule has 2 aromatic rings. The Hall–Kier alpha value is -2.62. The molecule has 0 aliphatic carbocycles. The molecular weight excluding hydrogens is 292 g/mol. The number of hydrogen-bond donors (Lipinski definition) is 1. The van der Waals surface area contributed by atoms with Crippen molar-refractivity contribution in [2.24, 2.45) is 5.92 Å². The second kappa shape index (κ2) is 6.24. The third kappa shape index (κ3) is 2.84. The lowest BCUT2D eigenvalue weighted by atomic mass is 9.92. The first-order chi connectivity index (χ1) is 15.4. The number of nitrogens with one attached hydrogen (secondary N) is 1. The largest absolute Gasteiger partial charge is 0.354 e. The van der Waals surface area contributed by atoms with Crippen molar-refractivity contribution in [3.63, 3.8) is 0 Å². The van der Waals surface area contributed by atoms with Crippen molar-refractivity contribution in [3.8, 4) is 6.07 Å². The summed E-state index contributed by atoms with van der Waals surface area (Å²) in [6.07, 6.45) is -3.65. The van der Waals surface area contributed by atoms with Gasteiger partial charge in [0.05, 0.1) is 21.6 Å². The zero-order chi connectivity index (χ0) is 26.0. The molecule has 0 saturated carbocycles. The van der Waals surface area contributed by atoms with Gasteiger partial charge in [-0.05, 0) is 18.3 Å². The Morgan fingerprint density at radius 2 is 2.61 bits per heavy atom. The molecule has 1 N–H and O–H groups in total. The molecular formula is C16H20N6O.